The van der Waals surface area contributed by atoms with Crippen LogP contribution in [0.15, 0.2) is 0 Å². The molecule has 0 aromatic carbocycles. The van der Waals surface area contributed by atoms with Crippen LogP contribution < -0.4 is 10.6 Å². The molecule has 0 aliphatic carbocycles. The maximum absolute atomic E-state index is 11.6. The molecule has 0 aromatic rings. The number of imide groups is 1. The summed E-state index contributed by atoms with van der Waals surface area (Å²) < 4.78 is 24.5. The van der Waals surface area contributed by atoms with Gasteiger partial charge in [0.2, 0.25) is 10.0 Å². The van der Waals surface area contributed by atoms with Crippen LogP contribution in [0, 0.1) is 0 Å². The summed E-state index contributed by atoms with van der Waals surface area (Å²) in [7, 11) is -3.30. The number of urea groups is 1. The van der Waals surface area contributed by atoms with E-state index in [0.29, 0.717) is 6.42 Å². The Morgan fingerprint density at radius 3 is 2.62 bits per heavy atom. The van der Waals surface area contributed by atoms with E-state index in [-0.39, 0.29) is 18.8 Å². The Hall–Kier alpha value is -1.15. The van der Waals surface area contributed by atoms with Crippen molar-refractivity contribution in [2.45, 2.75) is 18.9 Å². The smallest absolute Gasteiger partial charge is 0.322 e. The Morgan fingerprint density at radius 1 is 1.44 bits per heavy atom. The van der Waals surface area contributed by atoms with Crippen molar-refractivity contribution in [3.63, 3.8) is 0 Å². The molecule has 90 valence electrons. The SMILES string of the molecule is CCS(=O)(=O)N1CCC2(C1)NC(=O)NC2=O. The maximum atomic E-state index is 11.6. The lowest BCUT2D eigenvalue weighted by atomic mass is 10.00. The predicted molar refractivity (Wildman–Crippen MR) is 55.1 cm³/mol. The van der Waals surface area contributed by atoms with Crippen molar-refractivity contribution in [1.29, 1.82) is 0 Å². The molecule has 1 atom stereocenters. The van der Waals surface area contributed by atoms with Crippen LogP contribution in [0.25, 0.3) is 0 Å². The van der Waals surface area contributed by atoms with Crippen LogP contribution in [0.4, 0.5) is 4.79 Å². The van der Waals surface area contributed by atoms with Crippen LogP contribution >= 0.6 is 0 Å². The molecular formula is C8H13N3O4S. The Labute approximate surface area is 93.2 Å². The van der Waals surface area contributed by atoms with Crippen molar-refractivity contribution < 1.29 is 18.0 Å². The molecular weight excluding hydrogens is 234 g/mol. The largest absolute Gasteiger partial charge is 0.322 e. The minimum atomic E-state index is -3.30. The second-order valence-corrected chi connectivity index (χ2v) is 6.23. The third-order valence-corrected chi connectivity index (χ3v) is 4.84. The molecule has 2 N–H and O–H groups in total. The maximum Gasteiger partial charge on any atom is 0.322 e. The molecule has 8 heteroatoms. The number of carbonyl (C=O) groups is 2. The van der Waals surface area contributed by atoms with E-state index >= 15 is 0 Å². The summed E-state index contributed by atoms with van der Waals surface area (Å²) in [5.41, 5.74) is -1.06. The molecule has 2 heterocycles. The van der Waals surface area contributed by atoms with Crippen LogP contribution in [0.1, 0.15) is 13.3 Å². The summed E-state index contributed by atoms with van der Waals surface area (Å²) in [6.45, 7) is 1.85. The van der Waals surface area contributed by atoms with Gasteiger partial charge < -0.3 is 5.32 Å². The molecule has 0 aromatic heterocycles. The van der Waals surface area contributed by atoms with Gasteiger partial charge in [-0.3, -0.25) is 10.1 Å². The molecule has 1 unspecified atom stereocenters. The molecule has 0 radical (unpaired) electrons. The van der Waals surface area contributed by atoms with E-state index < -0.39 is 27.5 Å². The molecule has 16 heavy (non-hydrogen) atoms. The van der Waals surface area contributed by atoms with E-state index in [4.69, 9.17) is 0 Å². The number of hydrogen-bond donors (Lipinski definition) is 2. The van der Waals surface area contributed by atoms with Gasteiger partial charge in [0.25, 0.3) is 5.91 Å². The van der Waals surface area contributed by atoms with Crippen LogP contribution in [0.3, 0.4) is 0 Å². The highest BCUT2D eigenvalue weighted by Crippen LogP contribution is 2.26. The summed E-state index contributed by atoms with van der Waals surface area (Å²) in [4.78, 5) is 22.6. The highest BCUT2D eigenvalue weighted by molar-refractivity contribution is 7.89. The van der Waals surface area contributed by atoms with Crippen LogP contribution in [-0.2, 0) is 14.8 Å². The van der Waals surface area contributed by atoms with Gasteiger partial charge in [-0.2, -0.15) is 4.31 Å². The molecule has 3 amide bonds. The number of hydrogen-bond acceptors (Lipinski definition) is 4. The molecule has 7 nitrogen and oxygen atoms in total. The first kappa shape index (κ1) is 11.3. The number of nitrogens with one attached hydrogen (secondary N) is 2. The van der Waals surface area contributed by atoms with Gasteiger partial charge >= 0.3 is 6.03 Å². The van der Waals surface area contributed by atoms with Gasteiger partial charge in [0.05, 0.1) is 5.75 Å². The second kappa shape index (κ2) is 3.42. The van der Waals surface area contributed by atoms with Crippen molar-refractivity contribution in [3.8, 4) is 0 Å². The zero-order chi connectivity index (χ0) is 12.0. The average molecular weight is 247 g/mol. The summed E-state index contributed by atoms with van der Waals surface area (Å²) in [5.74, 6) is -0.440. The Balaban J connectivity index is 2.20. The van der Waals surface area contributed by atoms with Gasteiger partial charge in [-0.15, -0.1) is 0 Å². The minimum Gasteiger partial charge on any atom is -0.322 e. The summed E-state index contributed by atoms with van der Waals surface area (Å²) in [5, 5.41) is 4.63. The van der Waals surface area contributed by atoms with Gasteiger partial charge in [0, 0.05) is 13.1 Å². The molecule has 2 rings (SSSR count). The molecule has 2 aliphatic rings. The number of sulfonamides is 1. The summed E-state index contributed by atoms with van der Waals surface area (Å²) in [6.07, 6.45) is 0.323. The van der Waals surface area contributed by atoms with E-state index in [1.165, 1.54) is 4.31 Å². The third-order valence-electron chi connectivity index (χ3n) is 3.01. The summed E-state index contributed by atoms with van der Waals surface area (Å²) in [6, 6.07) is -0.555. The van der Waals surface area contributed by atoms with E-state index in [1.54, 1.807) is 6.92 Å². The Kier molecular flexibility index (Phi) is 2.43. The fourth-order valence-electron chi connectivity index (χ4n) is 2.01. The Bertz CT molecular complexity index is 446. The highest BCUT2D eigenvalue weighted by atomic mass is 32.2. The molecule has 2 fully saturated rings. The average Bonchev–Trinajstić information content (AvgIpc) is 2.74. The number of rotatable bonds is 2. The lowest BCUT2D eigenvalue weighted by Gasteiger charge is -2.20. The fraction of sp³-hybridized carbons (Fsp3) is 0.750. The first-order valence-corrected chi connectivity index (χ1v) is 6.62. The minimum absolute atomic E-state index is 0.00134. The van der Waals surface area contributed by atoms with Crippen molar-refractivity contribution in [3.05, 3.63) is 0 Å². The van der Waals surface area contributed by atoms with E-state index in [1.807, 2.05) is 0 Å². The molecule has 0 saturated carbocycles. The van der Waals surface area contributed by atoms with Gasteiger partial charge in [-0.05, 0) is 13.3 Å². The second-order valence-electron chi connectivity index (χ2n) is 3.97. The van der Waals surface area contributed by atoms with E-state index in [0.717, 1.165) is 0 Å². The molecule has 0 bridgehead atoms. The zero-order valence-corrected chi connectivity index (χ0v) is 9.63. The van der Waals surface area contributed by atoms with Crippen molar-refractivity contribution in [2.24, 2.45) is 0 Å². The van der Waals surface area contributed by atoms with E-state index in [2.05, 4.69) is 10.6 Å². The van der Waals surface area contributed by atoms with E-state index in [9.17, 15) is 18.0 Å². The number of amides is 3. The van der Waals surface area contributed by atoms with Crippen molar-refractivity contribution in [1.82, 2.24) is 14.9 Å². The molecule has 1 spiro atoms. The zero-order valence-electron chi connectivity index (χ0n) is 8.82. The highest BCUT2D eigenvalue weighted by Gasteiger charge is 2.52. The van der Waals surface area contributed by atoms with Gasteiger partial charge in [0.15, 0.2) is 0 Å². The Morgan fingerprint density at radius 2 is 2.12 bits per heavy atom. The lowest BCUT2D eigenvalue weighted by Crippen LogP contribution is -2.49. The van der Waals surface area contributed by atoms with Crippen molar-refractivity contribution in [2.75, 3.05) is 18.8 Å². The molecule has 2 aliphatic heterocycles. The first-order chi connectivity index (χ1) is 7.39. The quantitative estimate of drug-likeness (QED) is 0.588. The lowest BCUT2D eigenvalue weighted by molar-refractivity contribution is -0.123. The summed E-state index contributed by atoms with van der Waals surface area (Å²) >= 11 is 0. The molecule has 2 saturated heterocycles. The normalized spacial score (nSPS) is 30.8. The first-order valence-electron chi connectivity index (χ1n) is 5.01. The number of carbonyl (C=O) groups excluding carboxylic acids is 2. The third kappa shape index (κ3) is 1.57. The van der Waals surface area contributed by atoms with Crippen LogP contribution in [-0.4, -0.2) is 49.0 Å². The van der Waals surface area contributed by atoms with Crippen molar-refractivity contribution >= 4 is 22.0 Å². The van der Waals surface area contributed by atoms with Gasteiger partial charge in [-0.25, -0.2) is 13.2 Å². The van der Waals surface area contributed by atoms with Gasteiger partial charge in [-0.1, -0.05) is 0 Å². The standard InChI is InChI=1S/C8H13N3O4S/c1-2-16(14,15)11-4-3-8(5-11)6(12)9-7(13)10-8/h2-5H2,1H3,(H2,9,10,12,13). The van der Waals surface area contributed by atoms with Crippen LogP contribution in [0.2, 0.25) is 0 Å². The monoisotopic (exact) mass is 247 g/mol. The van der Waals surface area contributed by atoms with Gasteiger partial charge in [0.1, 0.15) is 5.54 Å². The number of nitrogens with zero attached hydrogens (tertiary/aromatic N) is 1. The topological polar surface area (TPSA) is 95.6 Å². The van der Waals surface area contributed by atoms with Crippen LogP contribution in [0.5, 0.6) is 0 Å². The predicted octanol–water partition coefficient (Wildman–Crippen LogP) is -1.38. The fourth-order valence-corrected chi connectivity index (χ4v) is 3.16.